The van der Waals surface area contributed by atoms with Crippen LogP contribution in [0.5, 0.6) is 0 Å². The van der Waals surface area contributed by atoms with Crippen LogP contribution in [0.25, 0.3) is 11.5 Å². The van der Waals surface area contributed by atoms with Crippen LogP contribution in [0.15, 0.2) is 33.4 Å². The van der Waals surface area contributed by atoms with Crippen molar-refractivity contribution in [2.24, 2.45) is 11.7 Å². The Morgan fingerprint density at radius 1 is 1.32 bits per heavy atom. The summed E-state index contributed by atoms with van der Waals surface area (Å²) in [7, 11) is 0. The lowest BCUT2D eigenvalue weighted by Gasteiger charge is -2.30. The Hall–Kier alpha value is -1.59. The van der Waals surface area contributed by atoms with Crippen LogP contribution in [0.4, 0.5) is 0 Å². The first-order chi connectivity index (χ1) is 9.35. The molecule has 1 fully saturated rings. The molecule has 5 nitrogen and oxygen atoms in total. The SMILES string of the molecule is NCC1CCN(Cc2cc(-c3ccco3)on2)CC1. The number of furan rings is 1. The third-order valence-corrected chi connectivity index (χ3v) is 3.75. The van der Waals surface area contributed by atoms with E-state index < -0.39 is 0 Å². The van der Waals surface area contributed by atoms with Crippen LogP contribution in [0.3, 0.4) is 0 Å². The van der Waals surface area contributed by atoms with Gasteiger partial charge in [-0.05, 0) is 50.5 Å². The van der Waals surface area contributed by atoms with Gasteiger partial charge in [-0.25, -0.2) is 0 Å². The third kappa shape index (κ3) is 2.88. The van der Waals surface area contributed by atoms with Gasteiger partial charge >= 0.3 is 0 Å². The quantitative estimate of drug-likeness (QED) is 0.912. The van der Waals surface area contributed by atoms with Crippen molar-refractivity contribution >= 4 is 0 Å². The monoisotopic (exact) mass is 261 g/mol. The summed E-state index contributed by atoms with van der Waals surface area (Å²) in [6.07, 6.45) is 3.99. The van der Waals surface area contributed by atoms with E-state index in [-0.39, 0.29) is 0 Å². The first-order valence-electron chi connectivity index (χ1n) is 6.77. The highest BCUT2D eigenvalue weighted by atomic mass is 16.5. The molecule has 1 aliphatic rings. The summed E-state index contributed by atoms with van der Waals surface area (Å²) in [6.45, 7) is 3.82. The fourth-order valence-electron chi connectivity index (χ4n) is 2.53. The van der Waals surface area contributed by atoms with Gasteiger partial charge in [0, 0.05) is 12.6 Å². The van der Waals surface area contributed by atoms with E-state index in [1.165, 1.54) is 12.8 Å². The maximum absolute atomic E-state index is 5.70. The van der Waals surface area contributed by atoms with Crippen LogP contribution in [0, 0.1) is 5.92 Å². The largest absolute Gasteiger partial charge is 0.461 e. The van der Waals surface area contributed by atoms with Crippen LogP contribution in [-0.4, -0.2) is 29.7 Å². The zero-order chi connectivity index (χ0) is 13.1. The minimum absolute atomic E-state index is 0.687. The van der Waals surface area contributed by atoms with Crippen LogP contribution < -0.4 is 5.73 Å². The molecular formula is C14H19N3O2. The molecule has 0 spiro atoms. The van der Waals surface area contributed by atoms with E-state index >= 15 is 0 Å². The standard InChI is InChI=1S/C14H19N3O2/c15-9-11-3-5-17(6-4-11)10-12-8-14(19-16-12)13-2-1-7-18-13/h1-2,7-8,11H,3-6,9-10,15H2. The normalized spacial score (nSPS) is 17.9. The van der Waals surface area contributed by atoms with Crippen molar-refractivity contribution in [2.45, 2.75) is 19.4 Å². The molecule has 0 radical (unpaired) electrons. The highest BCUT2D eigenvalue weighted by Gasteiger charge is 2.19. The van der Waals surface area contributed by atoms with Crippen LogP contribution >= 0.6 is 0 Å². The highest BCUT2D eigenvalue weighted by Crippen LogP contribution is 2.22. The summed E-state index contributed by atoms with van der Waals surface area (Å²) in [6, 6.07) is 5.67. The average molecular weight is 261 g/mol. The molecule has 0 unspecified atom stereocenters. The van der Waals surface area contributed by atoms with Gasteiger partial charge in [-0.2, -0.15) is 0 Å². The van der Waals surface area contributed by atoms with Crippen molar-refractivity contribution in [3.8, 4) is 11.5 Å². The van der Waals surface area contributed by atoms with Gasteiger partial charge in [-0.15, -0.1) is 0 Å². The maximum atomic E-state index is 5.70. The summed E-state index contributed by atoms with van der Waals surface area (Å²) in [4.78, 5) is 2.40. The second kappa shape index (κ2) is 5.59. The Morgan fingerprint density at radius 2 is 2.16 bits per heavy atom. The van der Waals surface area contributed by atoms with E-state index in [0.29, 0.717) is 11.7 Å². The minimum atomic E-state index is 0.687. The fraction of sp³-hybridized carbons (Fsp3) is 0.500. The molecule has 2 aromatic rings. The van der Waals surface area contributed by atoms with E-state index in [4.69, 9.17) is 14.7 Å². The molecule has 1 aliphatic heterocycles. The van der Waals surface area contributed by atoms with Crippen molar-refractivity contribution in [3.63, 3.8) is 0 Å². The summed E-state index contributed by atoms with van der Waals surface area (Å²) in [5, 5.41) is 4.10. The first kappa shape index (κ1) is 12.4. The van der Waals surface area contributed by atoms with Gasteiger partial charge in [0.2, 0.25) is 5.76 Å². The number of piperidine rings is 1. The average Bonchev–Trinajstić information content (AvgIpc) is 3.10. The van der Waals surface area contributed by atoms with E-state index in [2.05, 4.69) is 10.1 Å². The molecule has 19 heavy (non-hydrogen) atoms. The molecular weight excluding hydrogens is 242 g/mol. The molecule has 0 amide bonds. The molecule has 102 valence electrons. The Kier molecular flexibility index (Phi) is 3.66. The van der Waals surface area contributed by atoms with E-state index in [1.807, 2.05) is 18.2 Å². The van der Waals surface area contributed by atoms with Crippen LogP contribution in [-0.2, 0) is 6.54 Å². The molecule has 2 aromatic heterocycles. The van der Waals surface area contributed by atoms with Gasteiger partial charge in [0.05, 0.1) is 12.0 Å². The lowest BCUT2D eigenvalue weighted by atomic mass is 9.97. The summed E-state index contributed by atoms with van der Waals surface area (Å²) in [5.41, 5.74) is 6.66. The predicted octanol–water partition coefficient (Wildman–Crippen LogP) is 2.11. The number of hydrogen-bond donors (Lipinski definition) is 1. The number of likely N-dealkylation sites (tertiary alicyclic amines) is 1. The molecule has 3 heterocycles. The van der Waals surface area contributed by atoms with Gasteiger partial charge in [0.25, 0.3) is 0 Å². The minimum Gasteiger partial charge on any atom is -0.461 e. The van der Waals surface area contributed by atoms with E-state index in [1.54, 1.807) is 6.26 Å². The molecule has 3 rings (SSSR count). The zero-order valence-corrected chi connectivity index (χ0v) is 10.9. The predicted molar refractivity (Wildman–Crippen MR) is 71.3 cm³/mol. The van der Waals surface area contributed by atoms with Crippen molar-refractivity contribution in [3.05, 3.63) is 30.2 Å². The van der Waals surface area contributed by atoms with Crippen LogP contribution in [0.1, 0.15) is 18.5 Å². The van der Waals surface area contributed by atoms with Crippen molar-refractivity contribution < 1.29 is 8.94 Å². The third-order valence-electron chi connectivity index (χ3n) is 3.75. The fourth-order valence-corrected chi connectivity index (χ4v) is 2.53. The summed E-state index contributed by atoms with van der Waals surface area (Å²) in [5.74, 6) is 2.10. The van der Waals surface area contributed by atoms with E-state index in [9.17, 15) is 0 Å². The summed E-state index contributed by atoms with van der Waals surface area (Å²) >= 11 is 0. The van der Waals surface area contributed by atoms with Crippen molar-refractivity contribution in [1.82, 2.24) is 10.1 Å². The van der Waals surface area contributed by atoms with Crippen molar-refractivity contribution in [1.29, 1.82) is 0 Å². The number of rotatable bonds is 4. The van der Waals surface area contributed by atoms with Gasteiger partial charge in [0.1, 0.15) is 0 Å². The molecule has 0 aliphatic carbocycles. The Morgan fingerprint density at radius 3 is 2.84 bits per heavy atom. The summed E-state index contributed by atoms with van der Waals surface area (Å²) < 4.78 is 10.6. The molecule has 1 saturated heterocycles. The van der Waals surface area contributed by atoms with Crippen LogP contribution in [0.2, 0.25) is 0 Å². The lowest BCUT2D eigenvalue weighted by Crippen LogP contribution is -2.35. The van der Waals surface area contributed by atoms with Gasteiger partial charge in [0.15, 0.2) is 5.76 Å². The highest BCUT2D eigenvalue weighted by molar-refractivity contribution is 5.49. The Bertz CT molecular complexity index is 499. The number of aromatic nitrogens is 1. The molecule has 0 atom stereocenters. The Labute approximate surface area is 112 Å². The second-order valence-corrected chi connectivity index (χ2v) is 5.12. The maximum Gasteiger partial charge on any atom is 0.202 e. The van der Waals surface area contributed by atoms with Gasteiger partial charge < -0.3 is 14.7 Å². The Balaban J connectivity index is 1.59. The van der Waals surface area contributed by atoms with E-state index in [0.717, 1.165) is 37.6 Å². The lowest BCUT2D eigenvalue weighted by molar-refractivity contribution is 0.176. The number of nitrogens with zero attached hydrogens (tertiary/aromatic N) is 2. The number of hydrogen-bond acceptors (Lipinski definition) is 5. The molecule has 0 aromatic carbocycles. The second-order valence-electron chi connectivity index (χ2n) is 5.12. The molecule has 2 N–H and O–H groups in total. The van der Waals surface area contributed by atoms with Gasteiger partial charge in [-0.1, -0.05) is 5.16 Å². The molecule has 0 saturated carbocycles. The molecule has 5 heteroatoms. The topological polar surface area (TPSA) is 68.4 Å². The zero-order valence-electron chi connectivity index (χ0n) is 10.9. The molecule has 0 bridgehead atoms. The first-order valence-corrected chi connectivity index (χ1v) is 6.77. The van der Waals surface area contributed by atoms with Crippen molar-refractivity contribution in [2.75, 3.05) is 19.6 Å². The van der Waals surface area contributed by atoms with Gasteiger partial charge in [-0.3, -0.25) is 4.90 Å². The smallest absolute Gasteiger partial charge is 0.202 e. The number of nitrogens with two attached hydrogens (primary N) is 1.